The van der Waals surface area contributed by atoms with Crippen molar-refractivity contribution in [3.05, 3.63) is 35.4 Å². The molecule has 3 heteroatoms. The van der Waals surface area contributed by atoms with Crippen LogP contribution in [0.2, 0.25) is 0 Å². The van der Waals surface area contributed by atoms with Crippen molar-refractivity contribution in [2.75, 3.05) is 13.1 Å². The summed E-state index contributed by atoms with van der Waals surface area (Å²) in [5.41, 5.74) is 0.482. The first kappa shape index (κ1) is 14.1. The van der Waals surface area contributed by atoms with Gasteiger partial charge in [-0.25, -0.2) is 8.78 Å². The first-order valence-corrected chi connectivity index (χ1v) is 6.32. The molecule has 1 aromatic carbocycles. The number of hydrogen-bond donors (Lipinski definition) is 1. The Kier molecular flexibility index (Phi) is 6.12. The van der Waals surface area contributed by atoms with Gasteiger partial charge in [0.05, 0.1) is 0 Å². The molecule has 0 bridgehead atoms. The van der Waals surface area contributed by atoms with E-state index in [1.165, 1.54) is 12.1 Å². The Balaban J connectivity index is 2.57. The fraction of sp³-hybridized carbons (Fsp3) is 0.571. The van der Waals surface area contributed by atoms with Gasteiger partial charge in [-0.1, -0.05) is 20.3 Å². The maximum absolute atomic E-state index is 13.5. The molecule has 0 saturated heterocycles. The highest BCUT2D eigenvalue weighted by molar-refractivity contribution is 5.19. The summed E-state index contributed by atoms with van der Waals surface area (Å²) in [7, 11) is 0. The molecule has 1 atom stereocenters. The summed E-state index contributed by atoms with van der Waals surface area (Å²) in [5.74, 6) is -0.309. The van der Waals surface area contributed by atoms with E-state index in [0.29, 0.717) is 17.9 Å². The van der Waals surface area contributed by atoms with Gasteiger partial charge in [0, 0.05) is 0 Å². The molecule has 1 aromatic rings. The summed E-state index contributed by atoms with van der Waals surface area (Å²) in [5, 5.41) is 3.32. The van der Waals surface area contributed by atoms with E-state index in [9.17, 15) is 8.78 Å². The number of hydrogen-bond acceptors (Lipinski definition) is 1. The van der Waals surface area contributed by atoms with Crippen LogP contribution in [0.15, 0.2) is 18.2 Å². The minimum absolute atomic E-state index is 0.305. The summed E-state index contributed by atoms with van der Waals surface area (Å²) in [6.07, 6.45) is 2.65. The van der Waals surface area contributed by atoms with Crippen LogP contribution in [0, 0.1) is 17.6 Å². The van der Waals surface area contributed by atoms with Gasteiger partial charge < -0.3 is 5.32 Å². The average molecular weight is 241 g/mol. The molecular formula is C14H21F2N. The van der Waals surface area contributed by atoms with E-state index in [4.69, 9.17) is 0 Å². The van der Waals surface area contributed by atoms with E-state index in [1.54, 1.807) is 0 Å². The van der Waals surface area contributed by atoms with Crippen molar-refractivity contribution in [1.29, 1.82) is 0 Å². The van der Waals surface area contributed by atoms with Crippen molar-refractivity contribution in [3.8, 4) is 0 Å². The standard InChI is InChI=1S/C14H21F2N/c1-3-7-17-10-11(4-2)8-12-9-13(15)5-6-14(12)16/h5-6,9,11,17H,3-4,7-8,10H2,1-2H3. The van der Waals surface area contributed by atoms with Gasteiger partial charge in [0.2, 0.25) is 0 Å². The normalized spacial score (nSPS) is 12.7. The van der Waals surface area contributed by atoms with E-state index in [-0.39, 0.29) is 11.6 Å². The third-order valence-corrected chi connectivity index (χ3v) is 2.95. The lowest BCUT2D eigenvalue weighted by atomic mass is 9.96. The minimum Gasteiger partial charge on any atom is -0.316 e. The van der Waals surface area contributed by atoms with Crippen LogP contribution in [0.3, 0.4) is 0 Å². The Morgan fingerprint density at radius 1 is 1.24 bits per heavy atom. The molecule has 0 radical (unpaired) electrons. The lowest BCUT2D eigenvalue weighted by Crippen LogP contribution is -2.24. The molecule has 0 spiro atoms. The SMILES string of the molecule is CCCNCC(CC)Cc1cc(F)ccc1F. The Morgan fingerprint density at radius 2 is 2.00 bits per heavy atom. The van der Waals surface area contributed by atoms with E-state index < -0.39 is 0 Å². The van der Waals surface area contributed by atoms with Gasteiger partial charge in [-0.15, -0.1) is 0 Å². The Bertz CT molecular complexity index is 339. The van der Waals surface area contributed by atoms with Gasteiger partial charge in [-0.2, -0.15) is 0 Å². The molecule has 1 N–H and O–H groups in total. The van der Waals surface area contributed by atoms with Crippen molar-refractivity contribution in [1.82, 2.24) is 5.32 Å². The molecule has 17 heavy (non-hydrogen) atoms. The van der Waals surface area contributed by atoms with Gasteiger partial charge in [-0.05, 0) is 55.6 Å². The van der Waals surface area contributed by atoms with E-state index >= 15 is 0 Å². The van der Waals surface area contributed by atoms with Crippen molar-refractivity contribution >= 4 is 0 Å². The van der Waals surface area contributed by atoms with Crippen LogP contribution in [-0.2, 0) is 6.42 Å². The third kappa shape index (κ3) is 4.82. The average Bonchev–Trinajstić information content (AvgIpc) is 2.32. The Morgan fingerprint density at radius 3 is 2.65 bits per heavy atom. The molecule has 1 rings (SSSR count). The van der Waals surface area contributed by atoms with Crippen LogP contribution in [0.4, 0.5) is 8.78 Å². The number of benzene rings is 1. The van der Waals surface area contributed by atoms with Gasteiger partial charge in [0.25, 0.3) is 0 Å². The van der Waals surface area contributed by atoms with Crippen LogP contribution < -0.4 is 5.32 Å². The second-order valence-electron chi connectivity index (χ2n) is 4.42. The highest BCUT2D eigenvalue weighted by Crippen LogP contribution is 2.16. The molecule has 1 nitrogen and oxygen atoms in total. The number of rotatable bonds is 7. The second kappa shape index (κ2) is 7.38. The molecule has 0 aromatic heterocycles. The summed E-state index contributed by atoms with van der Waals surface area (Å²) in [6.45, 7) is 6.03. The molecule has 0 aliphatic carbocycles. The lowest BCUT2D eigenvalue weighted by molar-refractivity contribution is 0.449. The zero-order valence-corrected chi connectivity index (χ0v) is 10.6. The fourth-order valence-corrected chi connectivity index (χ4v) is 1.85. The van der Waals surface area contributed by atoms with Crippen molar-refractivity contribution in [3.63, 3.8) is 0 Å². The molecule has 0 saturated carbocycles. The van der Waals surface area contributed by atoms with E-state index in [1.807, 2.05) is 0 Å². The predicted molar refractivity (Wildman–Crippen MR) is 67.0 cm³/mol. The van der Waals surface area contributed by atoms with Gasteiger partial charge in [-0.3, -0.25) is 0 Å². The first-order valence-electron chi connectivity index (χ1n) is 6.32. The maximum Gasteiger partial charge on any atom is 0.126 e. The van der Waals surface area contributed by atoms with Crippen LogP contribution >= 0.6 is 0 Å². The highest BCUT2D eigenvalue weighted by Gasteiger charge is 2.11. The zero-order chi connectivity index (χ0) is 12.7. The number of nitrogens with one attached hydrogen (secondary N) is 1. The molecule has 0 aliphatic heterocycles. The third-order valence-electron chi connectivity index (χ3n) is 2.95. The summed E-state index contributed by atoms with van der Waals surface area (Å²) in [6, 6.07) is 3.67. The van der Waals surface area contributed by atoms with Crippen molar-refractivity contribution < 1.29 is 8.78 Å². The lowest BCUT2D eigenvalue weighted by Gasteiger charge is -2.16. The summed E-state index contributed by atoms with van der Waals surface area (Å²) >= 11 is 0. The van der Waals surface area contributed by atoms with Gasteiger partial charge >= 0.3 is 0 Å². The van der Waals surface area contributed by atoms with Crippen molar-refractivity contribution in [2.45, 2.75) is 33.1 Å². The van der Waals surface area contributed by atoms with E-state index in [2.05, 4.69) is 19.2 Å². The van der Waals surface area contributed by atoms with Gasteiger partial charge in [0.1, 0.15) is 11.6 Å². The molecular weight excluding hydrogens is 220 g/mol. The quantitative estimate of drug-likeness (QED) is 0.720. The van der Waals surface area contributed by atoms with Crippen molar-refractivity contribution in [2.24, 2.45) is 5.92 Å². The predicted octanol–water partition coefficient (Wildman–Crippen LogP) is 3.53. The first-order chi connectivity index (χ1) is 8.17. The van der Waals surface area contributed by atoms with Gasteiger partial charge in [0.15, 0.2) is 0 Å². The largest absolute Gasteiger partial charge is 0.316 e. The molecule has 1 unspecified atom stereocenters. The van der Waals surface area contributed by atoms with Crippen LogP contribution in [0.5, 0.6) is 0 Å². The second-order valence-corrected chi connectivity index (χ2v) is 4.42. The molecule has 0 amide bonds. The number of halogens is 2. The van der Waals surface area contributed by atoms with Crippen LogP contribution in [0.25, 0.3) is 0 Å². The molecule has 0 aliphatic rings. The molecule has 0 fully saturated rings. The molecule has 96 valence electrons. The maximum atomic E-state index is 13.5. The summed E-state index contributed by atoms with van der Waals surface area (Å²) < 4.78 is 26.5. The summed E-state index contributed by atoms with van der Waals surface area (Å²) in [4.78, 5) is 0. The minimum atomic E-state index is -0.363. The Labute approximate surface area is 102 Å². The highest BCUT2D eigenvalue weighted by atomic mass is 19.1. The topological polar surface area (TPSA) is 12.0 Å². The monoisotopic (exact) mass is 241 g/mol. The Hall–Kier alpha value is -0.960. The van der Waals surface area contributed by atoms with Crippen LogP contribution in [-0.4, -0.2) is 13.1 Å². The zero-order valence-electron chi connectivity index (χ0n) is 10.6. The van der Waals surface area contributed by atoms with Crippen LogP contribution in [0.1, 0.15) is 32.3 Å². The van der Waals surface area contributed by atoms with E-state index in [0.717, 1.165) is 32.0 Å². The smallest absolute Gasteiger partial charge is 0.126 e. The fourth-order valence-electron chi connectivity index (χ4n) is 1.85. The molecule has 0 heterocycles.